The van der Waals surface area contributed by atoms with Gasteiger partial charge in [-0.25, -0.2) is 0 Å². The summed E-state index contributed by atoms with van der Waals surface area (Å²) >= 11 is -0.0912. The number of carbonyl (C=O) groups excluding carboxylic acids is 1. The van der Waals surface area contributed by atoms with Crippen molar-refractivity contribution in [2.24, 2.45) is 5.41 Å². The molecule has 1 aliphatic rings. The van der Waals surface area contributed by atoms with E-state index in [9.17, 15) is 4.79 Å². The zero-order chi connectivity index (χ0) is 16.4. The molecular formula is C19H20IO3-. The molecule has 2 aromatic carbocycles. The number of hydrogen-bond donors (Lipinski definition) is 0. The summed E-state index contributed by atoms with van der Waals surface area (Å²) in [6, 6.07) is 14.7. The van der Waals surface area contributed by atoms with E-state index in [1.807, 2.05) is 26.8 Å². The van der Waals surface area contributed by atoms with Gasteiger partial charge < -0.3 is 0 Å². The van der Waals surface area contributed by atoms with E-state index in [0.29, 0.717) is 6.42 Å². The van der Waals surface area contributed by atoms with Crippen LogP contribution in [-0.2, 0) is 9.53 Å². The molecule has 0 aliphatic carbocycles. The summed E-state index contributed by atoms with van der Waals surface area (Å²) < 4.78 is 13.6. The van der Waals surface area contributed by atoms with Crippen molar-refractivity contribution in [3.63, 3.8) is 0 Å². The number of esters is 1. The summed E-state index contributed by atoms with van der Waals surface area (Å²) in [7, 11) is 0. The maximum atomic E-state index is 11.7. The van der Waals surface area contributed by atoms with E-state index >= 15 is 0 Å². The molecule has 4 heteroatoms. The molecule has 1 heterocycles. The summed E-state index contributed by atoms with van der Waals surface area (Å²) in [5.41, 5.74) is 2.50. The Kier molecular flexibility index (Phi) is 4.62. The van der Waals surface area contributed by atoms with E-state index in [4.69, 9.17) is 9.47 Å². The third-order valence-corrected chi connectivity index (χ3v) is 6.47. The van der Waals surface area contributed by atoms with E-state index in [1.54, 1.807) is 0 Å². The number of hydrogen-bond acceptors (Lipinski definition) is 3. The SMILES string of the molecule is CC(C)(C)CC(=O)OCOc1ccc2c(c1)-c1ccccc1[I-]2. The Morgan fingerprint density at radius 3 is 2.57 bits per heavy atom. The van der Waals surface area contributed by atoms with Crippen molar-refractivity contribution in [1.82, 2.24) is 0 Å². The molecule has 1 aliphatic heterocycles. The molecule has 122 valence electrons. The van der Waals surface area contributed by atoms with Gasteiger partial charge in [0, 0.05) is 0 Å². The van der Waals surface area contributed by atoms with Crippen molar-refractivity contribution in [3.05, 3.63) is 49.6 Å². The zero-order valence-electron chi connectivity index (χ0n) is 13.6. The summed E-state index contributed by atoms with van der Waals surface area (Å²) in [5.74, 6) is 0.517. The number of halogens is 1. The van der Waals surface area contributed by atoms with E-state index in [-0.39, 0.29) is 39.4 Å². The summed E-state index contributed by atoms with van der Waals surface area (Å²) in [4.78, 5) is 11.7. The molecule has 0 spiro atoms. The molecule has 0 saturated carbocycles. The minimum absolute atomic E-state index is 0.0373. The Hall–Kier alpha value is -1.56. The summed E-state index contributed by atoms with van der Waals surface area (Å²) in [6.07, 6.45) is 0.387. The first-order valence-corrected chi connectivity index (χ1v) is 9.75. The summed E-state index contributed by atoms with van der Waals surface area (Å²) in [6.45, 7) is 5.99. The van der Waals surface area contributed by atoms with Gasteiger partial charge in [-0.3, -0.25) is 0 Å². The number of rotatable bonds is 4. The first-order chi connectivity index (χ1) is 10.9. The second-order valence-electron chi connectivity index (χ2n) is 6.73. The van der Waals surface area contributed by atoms with Crippen LogP contribution in [0, 0.1) is 12.6 Å². The number of carbonyl (C=O) groups is 1. The van der Waals surface area contributed by atoms with Gasteiger partial charge in [0.25, 0.3) is 0 Å². The number of ether oxygens (including phenoxy) is 2. The molecule has 3 nitrogen and oxygen atoms in total. The van der Waals surface area contributed by atoms with E-state index in [0.717, 1.165) is 5.75 Å². The van der Waals surface area contributed by atoms with Gasteiger partial charge in [0.05, 0.1) is 0 Å². The number of fused-ring (bicyclic) bond motifs is 3. The molecule has 0 atom stereocenters. The second kappa shape index (κ2) is 6.51. The van der Waals surface area contributed by atoms with Crippen LogP contribution in [0.1, 0.15) is 27.2 Å². The molecule has 2 aromatic rings. The van der Waals surface area contributed by atoms with E-state index < -0.39 is 0 Å². The zero-order valence-corrected chi connectivity index (χ0v) is 15.7. The Labute approximate surface area is 147 Å². The van der Waals surface area contributed by atoms with Gasteiger partial charge in [0.1, 0.15) is 0 Å². The second-order valence-corrected chi connectivity index (χ2v) is 9.60. The van der Waals surface area contributed by atoms with E-state index in [2.05, 4.69) is 36.4 Å². The van der Waals surface area contributed by atoms with Crippen LogP contribution in [0.2, 0.25) is 0 Å². The molecule has 0 bridgehead atoms. The van der Waals surface area contributed by atoms with Gasteiger partial charge in [0.15, 0.2) is 0 Å². The molecule has 0 aromatic heterocycles. The topological polar surface area (TPSA) is 35.5 Å². The van der Waals surface area contributed by atoms with Crippen molar-refractivity contribution in [1.29, 1.82) is 0 Å². The third kappa shape index (κ3) is 4.05. The molecular weight excluding hydrogens is 403 g/mol. The van der Waals surface area contributed by atoms with Gasteiger partial charge in [-0.2, -0.15) is 0 Å². The molecule has 0 saturated heterocycles. The van der Waals surface area contributed by atoms with Crippen LogP contribution >= 0.6 is 0 Å². The normalized spacial score (nSPS) is 12.8. The van der Waals surface area contributed by atoms with Gasteiger partial charge in [-0.15, -0.1) is 0 Å². The van der Waals surface area contributed by atoms with Crippen LogP contribution < -0.4 is 25.9 Å². The third-order valence-electron chi connectivity index (χ3n) is 3.43. The molecule has 0 radical (unpaired) electrons. The van der Waals surface area contributed by atoms with Crippen LogP contribution in [0.5, 0.6) is 5.75 Å². The fourth-order valence-corrected chi connectivity index (χ4v) is 5.27. The van der Waals surface area contributed by atoms with Gasteiger partial charge in [-0.1, -0.05) is 0 Å². The standard InChI is InChI=1S/C19H20IO3/c1-19(2,3)11-18(21)23-12-22-13-8-9-17-15(10-13)14-6-4-5-7-16(14)20-17/h4-10H,11-12H2,1-3H3/q-1. The predicted octanol–water partition coefficient (Wildman–Crippen LogP) is 1.11. The summed E-state index contributed by atoms with van der Waals surface area (Å²) in [5, 5.41) is 0. The van der Waals surface area contributed by atoms with Crippen molar-refractivity contribution >= 4 is 5.97 Å². The average molecular weight is 423 g/mol. The fourth-order valence-electron chi connectivity index (χ4n) is 2.40. The Morgan fingerprint density at radius 1 is 1.04 bits per heavy atom. The van der Waals surface area contributed by atoms with Crippen molar-refractivity contribution in [2.75, 3.05) is 6.79 Å². The van der Waals surface area contributed by atoms with E-state index in [1.165, 1.54) is 18.3 Å². The molecule has 0 amide bonds. The molecule has 23 heavy (non-hydrogen) atoms. The Balaban J connectivity index is 1.62. The fraction of sp³-hybridized carbons (Fsp3) is 0.316. The first-order valence-electron chi connectivity index (χ1n) is 7.59. The predicted molar refractivity (Wildman–Crippen MR) is 84.9 cm³/mol. The van der Waals surface area contributed by atoms with Crippen LogP contribution in [0.3, 0.4) is 0 Å². The van der Waals surface area contributed by atoms with Crippen molar-refractivity contribution < 1.29 is 35.5 Å². The molecule has 3 rings (SSSR count). The molecule has 0 unspecified atom stereocenters. The van der Waals surface area contributed by atoms with Crippen molar-refractivity contribution in [2.45, 2.75) is 27.2 Å². The van der Waals surface area contributed by atoms with Crippen LogP contribution in [0.4, 0.5) is 0 Å². The molecule has 0 fully saturated rings. The van der Waals surface area contributed by atoms with Crippen LogP contribution in [0.25, 0.3) is 11.1 Å². The average Bonchev–Trinajstić information content (AvgIpc) is 2.83. The Morgan fingerprint density at radius 2 is 1.78 bits per heavy atom. The quantitative estimate of drug-likeness (QED) is 0.359. The minimum atomic E-state index is -0.227. The van der Waals surface area contributed by atoms with Crippen molar-refractivity contribution in [3.8, 4) is 16.9 Å². The Bertz CT molecular complexity index is 732. The molecule has 0 N–H and O–H groups in total. The monoisotopic (exact) mass is 423 g/mol. The number of benzene rings is 2. The van der Waals surface area contributed by atoms with Crippen LogP contribution in [0.15, 0.2) is 42.5 Å². The first kappa shape index (κ1) is 16.3. The van der Waals surface area contributed by atoms with Gasteiger partial charge >= 0.3 is 147 Å². The van der Waals surface area contributed by atoms with Crippen LogP contribution in [-0.4, -0.2) is 12.8 Å². The van der Waals surface area contributed by atoms with Gasteiger partial charge in [-0.05, 0) is 0 Å². The maximum absolute atomic E-state index is 11.7. The van der Waals surface area contributed by atoms with Gasteiger partial charge in [0.2, 0.25) is 0 Å².